The van der Waals surface area contributed by atoms with Gasteiger partial charge in [-0.15, -0.1) is 0 Å². The topological polar surface area (TPSA) is 73.9 Å². The van der Waals surface area contributed by atoms with Crippen LogP contribution in [0.5, 0.6) is 11.5 Å². The monoisotopic (exact) mass is 407 g/mol. The second-order valence-electron chi connectivity index (χ2n) is 7.26. The molecule has 1 aromatic carbocycles. The summed E-state index contributed by atoms with van der Waals surface area (Å²) in [5, 5.41) is 3.38. The average molecular weight is 408 g/mol. The average Bonchev–Trinajstić information content (AvgIpc) is 2.92. The summed E-state index contributed by atoms with van der Waals surface area (Å²) in [6.45, 7) is 2.96. The number of hydrogen-bond acceptors (Lipinski definition) is 5. The van der Waals surface area contributed by atoms with Crippen LogP contribution >= 0.6 is 11.6 Å². The van der Waals surface area contributed by atoms with Gasteiger partial charge in [0.25, 0.3) is 5.91 Å². The molecule has 1 aliphatic carbocycles. The van der Waals surface area contributed by atoms with E-state index in [1.54, 1.807) is 18.2 Å². The molecule has 6 nitrogen and oxygen atoms in total. The fourth-order valence-electron chi connectivity index (χ4n) is 3.48. The Kier molecular flexibility index (Phi) is 7.20. The molecule has 152 valence electrons. The number of fused-ring (bicyclic) bond motifs is 1. The third kappa shape index (κ3) is 5.64. The minimum atomic E-state index is -0.588. The first-order valence-corrected chi connectivity index (χ1v) is 10.1. The number of carbonyl (C=O) groups is 2. The summed E-state index contributed by atoms with van der Waals surface area (Å²) in [5.41, 5.74) is 0.687. The number of amides is 1. The number of rotatable bonds is 5. The zero-order chi connectivity index (χ0) is 19.9. The van der Waals surface area contributed by atoms with E-state index in [1.165, 1.54) is 12.5 Å². The van der Waals surface area contributed by atoms with Crippen molar-refractivity contribution in [2.75, 3.05) is 19.8 Å². The van der Waals surface area contributed by atoms with Crippen molar-refractivity contribution in [2.24, 2.45) is 5.92 Å². The van der Waals surface area contributed by atoms with Gasteiger partial charge in [0.15, 0.2) is 18.1 Å². The fraction of sp³-hybridized carbons (Fsp3) is 0.524. The molecule has 1 heterocycles. The zero-order valence-corrected chi connectivity index (χ0v) is 16.8. The number of halogens is 1. The third-order valence-corrected chi connectivity index (χ3v) is 5.32. The van der Waals surface area contributed by atoms with Crippen LogP contribution in [0.15, 0.2) is 18.2 Å². The van der Waals surface area contributed by atoms with Crippen molar-refractivity contribution in [2.45, 2.75) is 45.1 Å². The van der Waals surface area contributed by atoms with Gasteiger partial charge in [0.05, 0.1) is 18.2 Å². The highest BCUT2D eigenvalue weighted by atomic mass is 35.5. The number of nitrogens with one attached hydrogen (secondary N) is 1. The molecule has 0 spiro atoms. The number of ether oxygens (including phenoxy) is 3. The van der Waals surface area contributed by atoms with Crippen LogP contribution in [0.1, 0.15) is 44.6 Å². The van der Waals surface area contributed by atoms with E-state index >= 15 is 0 Å². The predicted octanol–water partition coefficient (Wildman–Crippen LogP) is 3.75. The van der Waals surface area contributed by atoms with Gasteiger partial charge in [-0.05, 0) is 42.5 Å². The smallest absolute Gasteiger partial charge is 0.331 e. The molecule has 1 amide bonds. The third-order valence-electron chi connectivity index (χ3n) is 5.04. The summed E-state index contributed by atoms with van der Waals surface area (Å²) in [7, 11) is 0. The lowest BCUT2D eigenvalue weighted by Crippen LogP contribution is -2.42. The minimum absolute atomic E-state index is 0.166. The van der Waals surface area contributed by atoms with E-state index in [9.17, 15) is 9.59 Å². The van der Waals surface area contributed by atoms with Crippen LogP contribution in [0.3, 0.4) is 0 Å². The fourth-order valence-corrected chi connectivity index (χ4v) is 3.75. The molecule has 0 aromatic heterocycles. The maximum atomic E-state index is 12.0. The Hall–Kier alpha value is -2.21. The molecule has 2 aliphatic rings. The van der Waals surface area contributed by atoms with Crippen LogP contribution in [0, 0.1) is 5.92 Å². The van der Waals surface area contributed by atoms with E-state index in [-0.39, 0.29) is 18.6 Å². The van der Waals surface area contributed by atoms with Gasteiger partial charge >= 0.3 is 5.97 Å². The van der Waals surface area contributed by atoms with Crippen molar-refractivity contribution in [3.63, 3.8) is 0 Å². The molecule has 0 bridgehead atoms. The van der Waals surface area contributed by atoms with Crippen molar-refractivity contribution >= 4 is 29.6 Å². The number of benzene rings is 1. The first-order valence-electron chi connectivity index (χ1n) is 9.76. The first-order chi connectivity index (χ1) is 13.5. The number of esters is 1. The summed E-state index contributed by atoms with van der Waals surface area (Å²) in [5.74, 6) is 0.679. The van der Waals surface area contributed by atoms with E-state index in [1.807, 2.05) is 0 Å². The number of hydrogen-bond donors (Lipinski definition) is 1. The van der Waals surface area contributed by atoms with Crippen LogP contribution in [0.25, 0.3) is 6.08 Å². The van der Waals surface area contributed by atoms with E-state index in [2.05, 4.69) is 12.2 Å². The van der Waals surface area contributed by atoms with Crippen LogP contribution in [0.4, 0.5) is 0 Å². The highest BCUT2D eigenvalue weighted by molar-refractivity contribution is 6.32. The molecule has 7 heteroatoms. The molecule has 1 aliphatic heterocycles. The quantitative estimate of drug-likeness (QED) is 0.594. The zero-order valence-electron chi connectivity index (χ0n) is 16.0. The van der Waals surface area contributed by atoms with Gasteiger partial charge < -0.3 is 19.5 Å². The van der Waals surface area contributed by atoms with Crippen molar-refractivity contribution in [3.8, 4) is 11.5 Å². The largest absolute Gasteiger partial charge is 0.489 e. The van der Waals surface area contributed by atoms with Gasteiger partial charge in [0, 0.05) is 18.5 Å². The summed E-state index contributed by atoms with van der Waals surface area (Å²) in [6.07, 6.45) is 8.05. The molecule has 1 saturated carbocycles. The Morgan fingerprint density at radius 1 is 1.21 bits per heavy atom. The standard InChI is InChI=1S/C21H26ClNO5/c1-14-5-2-3-6-17(14)23-19(24)13-28-20(25)8-7-15-11-16(22)21-18(12-15)26-9-4-10-27-21/h7-8,11-12,14,17H,2-6,9-10,13H2,1H3,(H,23,24)/b8-7+/t14-,17+/m0/s1. The molecule has 2 atom stereocenters. The summed E-state index contributed by atoms with van der Waals surface area (Å²) in [6, 6.07) is 3.61. The molecule has 3 rings (SSSR count). The first kappa shape index (κ1) is 20.5. The van der Waals surface area contributed by atoms with E-state index in [0.717, 1.165) is 25.7 Å². The highest BCUT2D eigenvalue weighted by Crippen LogP contribution is 2.38. The van der Waals surface area contributed by atoms with Crippen molar-refractivity contribution in [1.29, 1.82) is 0 Å². The summed E-state index contributed by atoms with van der Waals surface area (Å²) in [4.78, 5) is 23.9. The van der Waals surface area contributed by atoms with E-state index in [4.69, 9.17) is 25.8 Å². The normalized spacial score (nSPS) is 21.8. The second-order valence-corrected chi connectivity index (χ2v) is 7.66. The van der Waals surface area contributed by atoms with Gasteiger partial charge in [-0.3, -0.25) is 4.79 Å². The lowest BCUT2D eigenvalue weighted by Gasteiger charge is -2.29. The SMILES string of the molecule is C[C@H]1CCCC[C@H]1NC(=O)COC(=O)/C=C/c1cc(Cl)c2c(c1)OCCCO2. The van der Waals surface area contributed by atoms with Gasteiger partial charge in [-0.25, -0.2) is 4.79 Å². The van der Waals surface area contributed by atoms with Gasteiger partial charge in [-0.2, -0.15) is 0 Å². The van der Waals surface area contributed by atoms with Crippen molar-refractivity contribution < 1.29 is 23.8 Å². The van der Waals surface area contributed by atoms with Crippen LogP contribution in [-0.2, 0) is 14.3 Å². The summed E-state index contributed by atoms with van der Waals surface area (Å²) >= 11 is 6.23. The molecular weight excluding hydrogens is 382 g/mol. The van der Waals surface area contributed by atoms with Crippen LogP contribution < -0.4 is 14.8 Å². The molecular formula is C21H26ClNO5. The lowest BCUT2D eigenvalue weighted by molar-refractivity contribution is -0.144. The van der Waals surface area contributed by atoms with Crippen LogP contribution in [0.2, 0.25) is 5.02 Å². The van der Waals surface area contributed by atoms with Crippen LogP contribution in [-0.4, -0.2) is 37.7 Å². The molecule has 0 saturated heterocycles. The number of carbonyl (C=O) groups excluding carboxylic acids is 2. The molecule has 1 N–H and O–H groups in total. The predicted molar refractivity (Wildman–Crippen MR) is 107 cm³/mol. The van der Waals surface area contributed by atoms with E-state index in [0.29, 0.717) is 41.2 Å². The second kappa shape index (κ2) is 9.82. The van der Waals surface area contributed by atoms with Crippen molar-refractivity contribution in [3.05, 3.63) is 28.8 Å². The molecule has 1 aromatic rings. The highest BCUT2D eigenvalue weighted by Gasteiger charge is 2.23. The maximum absolute atomic E-state index is 12.0. The molecule has 1 fully saturated rings. The molecule has 0 radical (unpaired) electrons. The molecule has 0 unspecified atom stereocenters. The van der Waals surface area contributed by atoms with E-state index < -0.39 is 5.97 Å². The summed E-state index contributed by atoms with van der Waals surface area (Å²) < 4.78 is 16.2. The maximum Gasteiger partial charge on any atom is 0.331 e. The Balaban J connectivity index is 1.50. The Morgan fingerprint density at radius 3 is 2.82 bits per heavy atom. The minimum Gasteiger partial charge on any atom is -0.489 e. The van der Waals surface area contributed by atoms with Gasteiger partial charge in [0.2, 0.25) is 0 Å². The Bertz CT molecular complexity index is 749. The van der Waals surface area contributed by atoms with Gasteiger partial charge in [0.1, 0.15) is 0 Å². The lowest BCUT2D eigenvalue weighted by atomic mass is 9.86. The Morgan fingerprint density at radius 2 is 2.00 bits per heavy atom. The van der Waals surface area contributed by atoms with Gasteiger partial charge in [-0.1, -0.05) is 31.4 Å². The Labute approximate surface area is 170 Å². The van der Waals surface area contributed by atoms with Crippen molar-refractivity contribution in [1.82, 2.24) is 5.32 Å². The molecule has 28 heavy (non-hydrogen) atoms.